The van der Waals surface area contributed by atoms with Crippen LogP contribution in [0.5, 0.6) is 5.75 Å². The van der Waals surface area contributed by atoms with Crippen LogP contribution >= 0.6 is 0 Å². The van der Waals surface area contributed by atoms with E-state index in [1.54, 1.807) is 0 Å². The van der Waals surface area contributed by atoms with Gasteiger partial charge in [-0.2, -0.15) is 0 Å². The number of aliphatic hydroxyl groups is 1. The number of hydrogen-bond donors (Lipinski definition) is 1. The SMILES string of the molecule is CCCCCCCCCCCCCCCC(=O)OCC(O)COc1ccccc1. The Balaban J connectivity index is 1.84. The molecule has 4 nitrogen and oxygen atoms in total. The average Bonchev–Trinajstić information content (AvgIpc) is 2.74. The Bertz CT molecular complexity index is 489. The average molecular weight is 407 g/mol. The van der Waals surface area contributed by atoms with E-state index >= 15 is 0 Å². The second-order valence-corrected chi connectivity index (χ2v) is 7.95. The highest BCUT2D eigenvalue weighted by atomic mass is 16.5. The van der Waals surface area contributed by atoms with Crippen LogP contribution in [-0.2, 0) is 9.53 Å². The third-order valence-electron chi connectivity index (χ3n) is 5.11. The van der Waals surface area contributed by atoms with Crippen molar-refractivity contribution in [2.75, 3.05) is 13.2 Å². The Kier molecular flexibility index (Phi) is 16.2. The summed E-state index contributed by atoms with van der Waals surface area (Å²) in [4.78, 5) is 11.7. The maximum Gasteiger partial charge on any atom is 0.305 e. The van der Waals surface area contributed by atoms with Crippen molar-refractivity contribution in [1.82, 2.24) is 0 Å². The molecule has 0 bridgehead atoms. The second-order valence-electron chi connectivity index (χ2n) is 7.95. The molecule has 0 aliphatic rings. The van der Waals surface area contributed by atoms with Gasteiger partial charge in [0, 0.05) is 6.42 Å². The van der Waals surface area contributed by atoms with Crippen molar-refractivity contribution >= 4 is 5.97 Å². The Hall–Kier alpha value is -1.55. The standard InChI is InChI=1S/C25H42O4/c1-2-3-4-5-6-7-8-9-10-11-12-13-17-20-25(27)29-22-23(26)21-28-24-18-15-14-16-19-24/h14-16,18-19,23,26H,2-13,17,20-22H2,1H3. The molecule has 1 aromatic carbocycles. The van der Waals surface area contributed by atoms with Crippen molar-refractivity contribution in [2.24, 2.45) is 0 Å². The summed E-state index contributed by atoms with van der Waals surface area (Å²) in [7, 11) is 0. The summed E-state index contributed by atoms with van der Waals surface area (Å²) in [5, 5.41) is 9.84. The maximum atomic E-state index is 11.7. The number of benzene rings is 1. The molecule has 0 saturated heterocycles. The number of esters is 1. The number of unbranched alkanes of at least 4 members (excludes halogenated alkanes) is 12. The Morgan fingerprint density at radius 3 is 1.86 bits per heavy atom. The zero-order chi connectivity index (χ0) is 21.0. The van der Waals surface area contributed by atoms with Gasteiger partial charge in [0.05, 0.1) is 0 Å². The van der Waals surface area contributed by atoms with E-state index in [2.05, 4.69) is 6.92 Å². The summed E-state index contributed by atoms with van der Waals surface area (Å²) in [6, 6.07) is 9.30. The van der Waals surface area contributed by atoms with Crippen LogP contribution in [0.3, 0.4) is 0 Å². The van der Waals surface area contributed by atoms with E-state index < -0.39 is 6.10 Å². The lowest BCUT2D eigenvalue weighted by Crippen LogP contribution is -2.25. The van der Waals surface area contributed by atoms with Gasteiger partial charge in [0.1, 0.15) is 25.1 Å². The highest BCUT2D eigenvalue weighted by Gasteiger charge is 2.09. The Morgan fingerprint density at radius 1 is 0.793 bits per heavy atom. The minimum absolute atomic E-state index is 0.00981. The van der Waals surface area contributed by atoms with Gasteiger partial charge in [0.2, 0.25) is 0 Å². The third kappa shape index (κ3) is 16.0. The van der Waals surface area contributed by atoms with Crippen molar-refractivity contribution in [2.45, 2.75) is 103 Å². The Labute approximate surface area is 178 Å². The number of hydrogen-bond acceptors (Lipinski definition) is 4. The largest absolute Gasteiger partial charge is 0.491 e. The third-order valence-corrected chi connectivity index (χ3v) is 5.11. The zero-order valence-corrected chi connectivity index (χ0v) is 18.4. The topological polar surface area (TPSA) is 55.8 Å². The zero-order valence-electron chi connectivity index (χ0n) is 18.4. The van der Waals surface area contributed by atoms with Gasteiger partial charge in [0.15, 0.2) is 0 Å². The fourth-order valence-corrected chi connectivity index (χ4v) is 3.31. The number of aliphatic hydroxyl groups excluding tert-OH is 1. The first-order valence-electron chi connectivity index (χ1n) is 11.7. The molecule has 29 heavy (non-hydrogen) atoms. The second kappa shape index (κ2) is 18.5. The van der Waals surface area contributed by atoms with Gasteiger partial charge >= 0.3 is 5.97 Å². The number of carbonyl (C=O) groups is 1. The number of para-hydroxylation sites is 1. The van der Waals surface area contributed by atoms with E-state index in [4.69, 9.17) is 9.47 Å². The van der Waals surface area contributed by atoms with E-state index in [1.165, 1.54) is 70.6 Å². The molecule has 1 unspecified atom stereocenters. The van der Waals surface area contributed by atoms with Gasteiger partial charge in [-0.25, -0.2) is 0 Å². The lowest BCUT2D eigenvalue weighted by molar-refractivity contribution is -0.147. The van der Waals surface area contributed by atoms with Gasteiger partial charge in [-0.1, -0.05) is 102 Å². The van der Waals surface area contributed by atoms with Crippen molar-refractivity contribution in [3.05, 3.63) is 30.3 Å². The fourth-order valence-electron chi connectivity index (χ4n) is 3.31. The molecule has 1 N–H and O–H groups in total. The first kappa shape index (κ1) is 25.5. The van der Waals surface area contributed by atoms with Gasteiger partial charge < -0.3 is 14.6 Å². The molecule has 1 rings (SSSR count). The van der Waals surface area contributed by atoms with Crippen molar-refractivity contribution < 1.29 is 19.4 Å². The molecule has 1 atom stereocenters. The fraction of sp³-hybridized carbons (Fsp3) is 0.720. The van der Waals surface area contributed by atoms with E-state index in [1.807, 2.05) is 30.3 Å². The first-order valence-corrected chi connectivity index (χ1v) is 11.7. The van der Waals surface area contributed by atoms with Crippen LogP contribution in [0.1, 0.15) is 96.8 Å². The molecule has 0 spiro atoms. The molecule has 166 valence electrons. The summed E-state index contributed by atoms with van der Waals surface area (Å²) >= 11 is 0. The van der Waals surface area contributed by atoms with Crippen LogP contribution in [0.2, 0.25) is 0 Å². The van der Waals surface area contributed by atoms with Gasteiger partial charge in [0.25, 0.3) is 0 Å². The number of rotatable bonds is 19. The van der Waals surface area contributed by atoms with Crippen molar-refractivity contribution in [3.63, 3.8) is 0 Å². The summed E-state index contributed by atoms with van der Waals surface area (Å²) in [5.41, 5.74) is 0. The van der Waals surface area contributed by atoms with Crippen LogP contribution in [0.15, 0.2) is 30.3 Å². The molecular formula is C25H42O4. The van der Waals surface area contributed by atoms with Crippen LogP contribution < -0.4 is 4.74 Å². The summed E-state index contributed by atoms with van der Waals surface area (Å²) in [6.45, 7) is 2.37. The highest BCUT2D eigenvalue weighted by Crippen LogP contribution is 2.13. The van der Waals surface area contributed by atoms with E-state index in [0.29, 0.717) is 12.2 Å². The van der Waals surface area contributed by atoms with E-state index in [-0.39, 0.29) is 19.2 Å². The molecule has 1 aromatic rings. The molecule has 0 heterocycles. The lowest BCUT2D eigenvalue weighted by atomic mass is 10.0. The smallest absolute Gasteiger partial charge is 0.305 e. The molecular weight excluding hydrogens is 364 g/mol. The van der Waals surface area contributed by atoms with Crippen molar-refractivity contribution in [1.29, 1.82) is 0 Å². The van der Waals surface area contributed by atoms with E-state index in [9.17, 15) is 9.90 Å². The minimum atomic E-state index is -0.800. The van der Waals surface area contributed by atoms with Gasteiger partial charge in [-0.15, -0.1) is 0 Å². The van der Waals surface area contributed by atoms with Crippen LogP contribution in [0.4, 0.5) is 0 Å². The monoisotopic (exact) mass is 406 g/mol. The number of carbonyl (C=O) groups excluding carboxylic acids is 1. The van der Waals surface area contributed by atoms with Gasteiger partial charge in [-0.3, -0.25) is 4.79 Å². The molecule has 0 aromatic heterocycles. The maximum absolute atomic E-state index is 11.7. The highest BCUT2D eigenvalue weighted by molar-refractivity contribution is 5.69. The molecule has 0 aliphatic heterocycles. The Morgan fingerprint density at radius 2 is 1.31 bits per heavy atom. The normalized spacial score (nSPS) is 11.9. The molecule has 0 saturated carbocycles. The van der Waals surface area contributed by atoms with Gasteiger partial charge in [-0.05, 0) is 18.6 Å². The molecule has 0 amide bonds. The molecule has 0 radical (unpaired) electrons. The minimum Gasteiger partial charge on any atom is -0.491 e. The molecule has 0 aliphatic carbocycles. The van der Waals surface area contributed by atoms with Crippen molar-refractivity contribution in [3.8, 4) is 5.75 Å². The summed E-state index contributed by atoms with van der Waals surface area (Å²) in [6.07, 6.45) is 16.4. The van der Waals surface area contributed by atoms with E-state index in [0.717, 1.165) is 12.8 Å². The molecule has 0 fully saturated rings. The summed E-state index contributed by atoms with van der Waals surface area (Å²) < 4.78 is 10.6. The number of ether oxygens (including phenoxy) is 2. The van der Waals surface area contributed by atoms with Crippen LogP contribution in [0.25, 0.3) is 0 Å². The quantitative estimate of drug-likeness (QED) is 0.212. The molecule has 4 heteroatoms. The van der Waals surface area contributed by atoms with Crippen LogP contribution in [0, 0.1) is 0 Å². The predicted molar refractivity (Wildman–Crippen MR) is 119 cm³/mol. The van der Waals surface area contributed by atoms with Crippen LogP contribution in [-0.4, -0.2) is 30.4 Å². The first-order chi connectivity index (χ1) is 14.2. The summed E-state index contributed by atoms with van der Waals surface area (Å²) in [5.74, 6) is 0.469. The lowest BCUT2D eigenvalue weighted by Gasteiger charge is -2.12. The predicted octanol–water partition coefficient (Wildman–Crippen LogP) is 6.45.